The maximum Gasteiger partial charge on any atom is 0.225 e. The first-order valence-electron chi connectivity index (χ1n) is 7.41. The van der Waals surface area contributed by atoms with E-state index in [1.807, 2.05) is 0 Å². The van der Waals surface area contributed by atoms with Crippen molar-refractivity contribution in [1.29, 1.82) is 0 Å². The normalized spacial score (nSPS) is 21.8. The number of Topliss-reactive ketones (excluding diaryl/α,β-unsaturated/α-hetero) is 1. The predicted octanol–water partition coefficient (Wildman–Crippen LogP) is 2.57. The van der Waals surface area contributed by atoms with Gasteiger partial charge in [0.2, 0.25) is 5.95 Å². The molecule has 0 radical (unpaired) electrons. The summed E-state index contributed by atoms with van der Waals surface area (Å²) in [5, 5.41) is 3.36. The van der Waals surface area contributed by atoms with Gasteiger partial charge in [0, 0.05) is 12.5 Å². The highest BCUT2D eigenvalue weighted by Gasteiger charge is 2.34. The number of hydrogen-bond acceptors (Lipinski definition) is 5. The van der Waals surface area contributed by atoms with Crippen LogP contribution in [0.3, 0.4) is 0 Å². The van der Waals surface area contributed by atoms with E-state index >= 15 is 0 Å². The van der Waals surface area contributed by atoms with Crippen molar-refractivity contribution in [3.05, 3.63) is 11.3 Å². The third kappa shape index (κ3) is 2.49. The smallest absolute Gasteiger partial charge is 0.225 e. The van der Waals surface area contributed by atoms with Gasteiger partial charge in [-0.3, -0.25) is 4.79 Å². The van der Waals surface area contributed by atoms with Gasteiger partial charge in [0.05, 0.1) is 11.3 Å². The van der Waals surface area contributed by atoms with Gasteiger partial charge in [0.1, 0.15) is 5.82 Å². The molecule has 3 rings (SSSR count). The lowest BCUT2D eigenvalue weighted by molar-refractivity contribution is 0.0911. The summed E-state index contributed by atoms with van der Waals surface area (Å²) in [4.78, 5) is 21.0. The molecular weight excluding hydrogens is 252 g/mol. The highest BCUT2D eigenvalue weighted by molar-refractivity contribution is 6.02. The molecule has 0 aliphatic heterocycles. The zero-order chi connectivity index (χ0) is 14.3. The number of nitrogens with two attached hydrogens (primary N) is 1. The molecule has 0 amide bonds. The number of carbonyl (C=O) groups is 1. The summed E-state index contributed by atoms with van der Waals surface area (Å²) < 4.78 is 0. The number of nitrogens with zero attached hydrogens (tertiary/aromatic N) is 2. The van der Waals surface area contributed by atoms with Crippen LogP contribution >= 0.6 is 0 Å². The lowest BCUT2D eigenvalue weighted by Crippen LogP contribution is -2.30. The summed E-state index contributed by atoms with van der Waals surface area (Å²) in [5.74, 6) is 0.982. The lowest BCUT2D eigenvalue weighted by Gasteiger charge is -2.30. The number of fused-ring (bicyclic) bond motifs is 1. The fourth-order valence-corrected chi connectivity index (χ4v) is 3.31. The third-order valence-electron chi connectivity index (χ3n) is 4.26. The van der Waals surface area contributed by atoms with E-state index in [1.54, 1.807) is 0 Å². The van der Waals surface area contributed by atoms with Crippen LogP contribution in [0, 0.1) is 5.41 Å². The van der Waals surface area contributed by atoms with Crippen LogP contribution in [-0.2, 0) is 6.42 Å². The highest BCUT2D eigenvalue weighted by atomic mass is 16.1. The molecule has 5 heteroatoms. The second kappa shape index (κ2) is 4.72. The largest absolute Gasteiger partial charge is 0.383 e. The van der Waals surface area contributed by atoms with Crippen LogP contribution in [0.25, 0.3) is 0 Å². The van der Waals surface area contributed by atoms with Gasteiger partial charge in [0.25, 0.3) is 0 Å². The Bertz CT molecular complexity index is 547. The SMILES string of the molecule is CC1(C)CC(=O)c2c(N)nc(NC3CCCC3)nc2C1. The Morgan fingerprint density at radius 2 is 1.90 bits per heavy atom. The minimum atomic E-state index is -0.0461. The molecule has 1 aromatic heterocycles. The molecule has 0 atom stereocenters. The number of hydrogen-bond donors (Lipinski definition) is 2. The molecule has 0 aromatic carbocycles. The van der Waals surface area contributed by atoms with Crippen LogP contribution in [-0.4, -0.2) is 21.8 Å². The van der Waals surface area contributed by atoms with E-state index in [-0.39, 0.29) is 11.2 Å². The molecule has 5 nitrogen and oxygen atoms in total. The molecule has 0 spiro atoms. The summed E-state index contributed by atoms with van der Waals surface area (Å²) in [6, 6.07) is 0.444. The Morgan fingerprint density at radius 3 is 2.60 bits per heavy atom. The molecule has 1 heterocycles. The Balaban J connectivity index is 1.92. The van der Waals surface area contributed by atoms with Crippen LogP contribution in [0.4, 0.5) is 11.8 Å². The minimum Gasteiger partial charge on any atom is -0.383 e. The lowest BCUT2D eigenvalue weighted by atomic mass is 9.76. The summed E-state index contributed by atoms with van der Waals surface area (Å²) in [5.41, 5.74) is 7.29. The van der Waals surface area contributed by atoms with Gasteiger partial charge in [-0.1, -0.05) is 26.7 Å². The van der Waals surface area contributed by atoms with Crippen LogP contribution < -0.4 is 11.1 Å². The maximum absolute atomic E-state index is 12.2. The zero-order valence-corrected chi connectivity index (χ0v) is 12.2. The van der Waals surface area contributed by atoms with Crippen LogP contribution in [0.2, 0.25) is 0 Å². The number of carbonyl (C=O) groups excluding carboxylic acids is 1. The van der Waals surface area contributed by atoms with Gasteiger partial charge in [-0.2, -0.15) is 4.98 Å². The quantitative estimate of drug-likeness (QED) is 0.866. The second-order valence-corrected chi connectivity index (χ2v) is 6.82. The monoisotopic (exact) mass is 274 g/mol. The number of anilines is 2. The number of ketones is 1. The van der Waals surface area contributed by atoms with Crippen molar-refractivity contribution in [1.82, 2.24) is 9.97 Å². The molecule has 2 aliphatic rings. The van der Waals surface area contributed by atoms with Gasteiger partial charge in [0.15, 0.2) is 5.78 Å². The third-order valence-corrected chi connectivity index (χ3v) is 4.26. The molecular formula is C15H22N4O. The van der Waals surface area contributed by atoms with Crippen molar-refractivity contribution in [2.75, 3.05) is 11.1 Å². The molecule has 3 N–H and O–H groups in total. The molecule has 1 aromatic rings. The van der Waals surface area contributed by atoms with Crippen LogP contribution in [0.5, 0.6) is 0 Å². The molecule has 2 aliphatic carbocycles. The van der Waals surface area contributed by atoms with Gasteiger partial charge in [-0.15, -0.1) is 0 Å². The molecule has 20 heavy (non-hydrogen) atoms. The molecule has 1 saturated carbocycles. The van der Waals surface area contributed by atoms with E-state index in [4.69, 9.17) is 5.73 Å². The van der Waals surface area contributed by atoms with Crippen molar-refractivity contribution >= 4 is 17.5 Å². The van der Waals surface area contributed by atoms with Gasteiger partial charge in [-0.25, -0.2) is 4.98 Å². The first-order chi connectivity index (χ1) is 9.44. The van der Waals surface area contributed by atoms with Crippen LogP contribution in [0.15, 0.2) is 0 Å². The van der Waals surface area contributed by atoms with Gasteiger partial charge in [-0.05, 0) is 24.7 Å². The maximum atomic E-state index is 12.2. The molecule has 1 fully saturated rings. The van der Waals surface area contributed by atoms with E-state index in [0.717, 1.165) is 25.0 Å². The summed E-state index contributed by atoms with van der Waals surface area (Å²) in [7, 11) is 0. The minimum absolute atomic E-state index is 0.0461. The van der Waals surface area contributed by atoms with E-state index in [2.05, 4.69) is 29.1 Å². The average molecular weight is 274 g/mol. The summed E-state index contributed by atoms with van der Waals surface area (Å²) in [6.45, 7) is 4.19. The van der Waals surface area contributed by atoms with Gasteiger partial charge < -0.3 is 11.1 Å². The fourth-order valence-electron chi connectivity index (χ4n) is 3.31. The van der Waals surface area contributed by atoms with E-state index < -0.39 is 0 Å². The van der Waals surface area contributed by atoms with Crippen molar-refractivity contribution in [3.8, 4) is 0 Å². The summed E-state index contributed by atoms with van der Waals surface area (Å²) >= 11 is 0. The summed E-state index contributed by atoms with van der Waals surface area (Å²) in [6.07, 6.45) is 6.12. The van der Waals surface area contributed by atoms with Crippen molar-refractivity contribution < 1.29 is 4.79 Å². The Kier molecular flexibility index (Phi) is 3.15. The highest BCUT2D eigenvalue weighted by Crippen LogP contribution is 2.36. The van der Waals surface area contributed by atoms with E-state index in [9.17, 15) is 4.79 Å². The number of nitrogen functional groups attached to an aromatic ring is 1. The number of nitrogens with one attached hydrogen (secondary N) is 1. The molecule has 0 unspecified atom stereocenters. The van der Waals surface area contributed by atoms with Crippen molar-refractivity contribution in [3.63, 3.8) is 0 Å². The predicted molar refractivity (Wildman–Crippen MR) is 78.8 cm³/mol. The van der Waals surface area contributed by atoms with Crippen molar-refractivity contribution in [2.45, 2.75) is 58.4 Å². The number of aromatic nitrogens is 2. The Hall–Kier alpha value is -1.65. The molecule has 0 bridgehead atoms. The van der Waals surface area contributed by atoms with E-state index in [1.165, 1.54) is 12.8 Å². The Labute approximate surface area is 119 Å². The van der Waals surface area contributed by atoms with Crippen molar-refractivity contribution in [2.24, 2.45) is 5.41 Å². The number of rotatable bonds is 2. The first kappa shape index (κ1) is 13.3. The molecule has 108 valence electrons. The van der Waals surface area contributed by atoms with Gasteiger partial charge >= 0.3 is 0 Å². The topological polar surface area (TPSA) is 80.9 Å². The Morgan fingerprint density at radius 1 is 1.20 bits per heavy atom. The van der Waals surface area contributed by atoms with Crippen LogP contribution in [0.1, 0.15) is 62.0 Å². The second-order valence-electron chi connectivity index (χ2n) is 6.82. The standard InChI is InChI=1S/C15H22N4O/c1-15(2)7-10-12(11(20)8-15)13(16)19-14(18-10)17-9-5-3-4-6-9/h9H,3-8H2,1-2H3,(H3,16,17,18,19). The fraction of sp³-hybridized carbons (Fsp3) is 0.667. The zero-order valence-electron chi connectivity index (χ0n) is 12.2. The molecule has 0 saturated heterocycles. The average Bonchev–Trinajstić information content (AvgIpc) is 2.78. The van der Waals surface area contributed by atoms with E-state index in [0.29, 0.717) is 29.8 Å². The first-order valence-corrected chi connectivity index (χ1v) is 7.41.